The topological polar surface area (TPSA) is 114 Å². The van der Waals surface area contributed by atoms with Gasteiger partial charge in [-0.1, -0.05) is 35.9 Å². The van der Waals surface area contributed by atoms with E-state index in [4.69, 9.17) is 25.9 Å². The molecule has 1 aromatic rings. The van der Waals surface area contributed by atoms with Gasteiger partial charge in [0.05, 0.1) is 0 Å². The molecule has 6 nitrogen and oxygen atoms in total. The molecule has 0 aromatic heterocycles. The fourth-order valence-corrected chi connectivity index (χ4v) is 0.534. The molecule has 0 aliphatic heterocycles. The fraction of sp³-hybridized carbons (Fsp3) is 0.333. The van der Waals surface area contributed by atoms with Crippen molar-refractivity contribution in [3.63, 3.8) is 0 Å². The molecule has 1 rings (SSSR count). The van der Waals surface area contributed by atoms with Crippen LogP contribution in [0.4, 0.5) is 26.3 Å². The van der Waals surface area contributed by atoms with Crippen molar-refractivity contribution in [3.05, 3.63) is 35.9 Å². The van der Waals surface area contributed by atoms with Crippen LogP contribution in [-0.4, -0.2) is 37.0 Å². The average Bonchev–Trinajstić information content (AvgIpc) is 2.25. The molecule has 0 radical (unpaired) electrons. The summed E-state index contributed by atoms with van der Waals surface area (Å²) < 4.78 is 118. The van der Waals surface area contributed by atoms with Gasteiger partial charge in [-0.05, 0) is 6.92 Å². The minimum absolute atomic E-state index is 0. The zero-order valence-electron chi connectivity index (χ0n) is 11.5. The smallest absolute Gasteiger partial charge is 0.741 e. The third kappa shape index (κ3) is 16.9. The third-order valence-electron chi connectivity index (χ3n) is 1.51. The summed E-state index contributed by atoms with van der Waals surface area (Å²) in [5.74, 6) is 0. The molecule has 16 heteroatoms. The Labute approximate surface area is 160 Å². The van der Waals surface area contributed by atoms with E-state index in [0.29, 0.717) is 0 Å². The van der Waals surface area contributed by atoms with E-state index in [-0.39, 0.29) is 34.1 Å². The van der Waals surface area contributed by atoms with Crippen LogP contribution < -0.4 is 0 Å². The molecular formula is C9H8Cu2F6O6S2. The van der Waals surface area contributed by atoms with Crippen molar-refractivity contribution in [2.45, 2.75) is 17.9 Å². The summed E-state index contributed by atoms with van der Waals surface area (Å²) in [5, 5.41) is 0. The van der Waals surface area contributed by atoms with E-state index in [1.165, 1.54) is 5.56 Å². The molecule has 156 valence electrons. The van der Waals surface area contributed by atoms with E-state index in [2.05, 4.69) is 19.1 Å². The van der Waals surface area contributed by atoms with Crippen molar-refractivity contribution in [3.8, 4) is 0 Å². The summed E-state index contributed by atoms with van der Waals surface area (Å²) in [6, 6.07) is 10.3. The van der Waals surface area contributed by atoms with Crippen LogP contribution in [0.25, 0.3) is 0 Å². The molecule has 1 aromatic carbocycles. The van der Waals surface area contributed by atoms with E-state index in [9.17, 15) is 26.3 Å². The van der Waals surface area contributed by atoms with Crippen molar-refractivity contribution >= 4 is 20.2 Å². The second kappa shape index (κ2) is 12.1. The Bertz CT molecular complexity index is 631. The van der Waals surface area contributed by atoms with E-state index in [1.54, 1.807) is 0 Å². The summed E-state index contributed by atoms with van der Waals surface area (Å²) >= 11 is 0. The molecule has 0 unspecified atom stereocenters. The quantitative estimate of drug-likeness (QED) is 0.225. The first-order valence-electron chi connectivity index (χ1n) is 4.95. The van der Waals surface area contributed by atoms with Gasteiger partial charge in [0.2, 0.25) is 0 Å². The molecule has 0 amide bonds. The van der Waals surface area contributed by atoms with Crippen LogP contribution in [0.5, 0.6) is 0 Å². The summed E-state index contributed by atoms with van der Waals surface area (Å²) in [4.78, 5) is 0. The van der Waals surface area contributed by atoms with Crippen LogP contribution in [-0.2, 0) is 54.4 Å². The molecule has 0 spiro atoms. The summed E-state index contributed by atoms with van der Waals surface area (Å²) in [6.07, 6.45) is 0. The number of aryl methyl sites for hydroxylation is 1. The molecule has 0 bridgehead atoms. The van der Waals surface area contributed by atoms with Gasteiger partial charge in [-0.3, -0.25) is 0 Å². The van der Waals surface area contributed by atoms with Gasteiger partial charge in [-0.15, -0.1) is 0 Å². The number of hydrogen-bond donors (Lipinski definition) is 0. The van der Waals surface area contributed by atoms with Crippen molar-refractivity contribution < 1.29 is 86.4 Å². The minimum Gasteiger partial charge on any atom is -0.741 e. The molecule has 0 N–H and O–H groups in total. The summed E-state index contributed by atoms with van der Waals surface area (Å²) in [7, 11) is -12.2. The summed E-state index contributed by atoms with van der Waals surface area (Å²) in [5.41, 5.74) is -9.97. The van der Waals surface area contributed by atoms with Crippen LogP contribution in [0.1, 0.15) is 5.56 Å². The first-order valence-corrected chi connectivity index (χ1v) is 7.77. The molecule has 0 aliphatic carbocycles. The van der Waals surface area contributed by atoms with Crippen LogP contribution in [0, 0.1) is 6.92 Å². The Kier molecular flexibility index (Phi) is 15.7. The van der Waals surface area contributed by atoms with Gasteiger partial charge in [-0.25, -0.2) is 16.8 Å². The number of alkyl halides is 6. The van der Waals surface area contributed by atoms with Gasteiger partial charge in [0, 0.05) is 0 Å². The van der Waals surface area contributed by atoms with Gasteiger partial charge < -0.3 is 9.11 Å². The first kappa shape index (κ1) is 32.3. The Morgan fingerprint density at radius 1 is 0.720 bits per heavy atom. The summed E-state index contributed by atoms with van der Waals surface area (Å²) in [6.45, 7) is 2.08. The predicted molar refractivity (Wildman–Crippen MR) is 62.7 cm³/mol. The second-order valence-corrected chi connectivity index (χ2v) is 6.20. The average molecular weight is 517 g/mol. The van der Waals surface area contributed by atoms with Gasteiger partial charge in [0.1, 0.15) is 0 Å². The maximum atomic E-state index is 10.7. The van der Waals surface area contributed by atoms with Crippen molar-refractivity contribution in [2.24, 2.45) is 0 Å². The third-order valence-corrected chi connectivity index (χ3v) is 2.64. The van der Waals surface area contributed by atoms with E-state index in [0.717, 1.165) is 0 Å². The van der Waals surface area contributed by atoms with Crippen molar-refractivity contribution in [1.82, 2.24) is 0 Å². The van der Waals surface area contributed by atoms with Crippen LogP contribution in [0.2, 0.25) is 0 Å². The number of halogens is 6. The zero-order chi connectivity index (χ0) is 19.1. The fourth-order valence-electron chi connectivity index (χ4n) is 0.534. The number of hydrogen-bond acceptors (Lipinski definition) is 6. The Morgan fingerprint density at radius 3 is 1.00 bits per heavy atom. The molecule has 0 fully saturated rings. The Hall–Kier alpha value is -0.341. The van der Waals surface area contributed by atoms with Gasteiger partial charge in [-0.2, -0.15) is 26.3 Å². The van der Waals surface area contributed by atoms with Crippen LogP contribution in [0.3, 0.4) is 0 Å². The largest absolute Gasteiger partial charge is 1.00 e. The molecule has 0 saturated heterocycles. The monoisotopic (exact) mass is 516 g/mol. The van der Waals surface area contributed by atoms with Gasteiger partial charge in [0.25, 0.3) is 0 Å². The molecule has 25 heavy (non-hydrogen) atoms. The van der Waals surface area contributed by atoms with E-state index >= 15 is 0 Å². The van der Waals surface area contributed by atoms with Crippen LogP contribution in [0.15, 0.2) is 30.3 Å². The van der Waals surface area contributed by atoms with Gasteiger partial charge >= 0.3 is 45.2 Å². The van der Waals surface area contributed by atoms with E-state index in [1.807, 2.05) is 18.2 Å². The maximum absolute atomic E-state index is 10.7. The maximum Gasteiger partial charge on any atom is 1.00 e. The second-order valence-electron chi connectivity index (χ2n) is 3.45. The van der Waals surface area contributed by atoms with Crippen molar-refractivity contribution in [2.75, 3.05) is 0 Å². The predicted octanol–water partition coefficient (Wildman–Crippen LogP) is 2.09. The minimum atomic E-state index is -6.09. The van der Waals surface area contributed by atoms with Crippen LogP contribution >= 0.6 is 0 Å². The van der Waals surface area contributed by atoms with Crippen molar-refractivity contribution in [1.29, 1.82) is 0 Å². The SMILES string of the molecule is Cc1ccccc1.O=S(=O)([O-])C(F)(F)F.O=S(=O)([O-])C(F)(F)F.[Cu+].[Cu+]. The standard InChI is InChI=1S/C7H8.2CHF3O3S.2Cu/c1-7-5-3-2-4-6-7;2*2-1(3,4)8(5,6)7;;/h2-6H,1H3;2*(H,5,6,7);;/q;;;2*+1/p-2. The zero-order valence-corrected chi connectivity index (χ0v) is 15.0. The number of benzene rings is 1. The molecule has 0 aliphatic rings. The van der Waals surface area contributed by atoms with Gasteiger partial charge in [0.15, 0.2) is 20.2 Å². The molecule has 0 heterocycles. The Balaban J connectivity index is -0.000000127. The molecule has 0 saturated carbocycles. The molecule has 0 atom stereocenters. The van der Waals surface area contributed by atoms with E-state index < -0.39 is 31.3 Å². The Morgan fingerprint density at radius 2 is 0.920 bits per heavy atom. The first-order chi connectivity index (χ1) is 9.89. The molecular weight excluding hydrogens is 509 g/mol. The number of rotatable bonds is 0. The normalized spacial score (nSPS) is 11.4.